The number of fused-ring (bicyclic) bond motifs is 2. The van der Waals surface area contributed by atoms with E-state index in [1.165, 1.54) is 103 Å². The minimum atomic E-state index is 0.902. The van der Waals surface area contributed by atoms with E-state index in [0.717, 1.165) is 17.9 Å². The Morgan fingerprint density at radius 3 is 1.53 bits per heavy atom. The van der Waals surface area contributed by atoms with Gasteiger partial charge in [0.15, 0.2) is 0 Å². The minimum absolute atomic E-state index is 0.902. The largest absolute Gasteiger partial charge is 0.306 e. The second-order valence-electron chi connectivity index (χ2n) is 9.62. The van der Waals surface area contributed by atoms with Gasteiger partial charge >= 0.3 is 0 Å². The Bertz CT molecular complexity index is 338. The quantitative estimate of drug-likeness (QED) is 0.483. The van der Waals surface area contributed by atoms with Crippen molar-refractivity contribution in [3.05, 3.63) is 0 Å². The van der Waals surface area contributed by atoms with Crippen molar-refractivity contribution in [2.24, 2.45) is 11.8 Å². The summed E-state index contributed by atoms with van der Waals surface area (Å²) in [6.45, 7) is 20.7. The van der Waals surface area contributed by atoms with Crippen molar-refractivity contribution in [2.45, 2.75) is 112 Å². The normalized spacial score (nSPS) is 28.2. The summed E-state index contributed by atoms with van der Waals surface area (Å²) >= 11 is 0. The first-order chi connectivity index (χ1) is 14.5. The number of piperazine rings is 1. The van der Waals surface area contributed by atoms with Gasteiger partial charge in [0.1, 0.15) is 0 Å². The van der Waals surface area contributed by atoms with Gasteiger partial charge in [-0.2, -0.15) is 0 Å². The Morgan fingerprint density at radius 2 is 1.07 bits per heavy atom. The van der Waals surface area contributed by atoms with Crippen molar-refractivity contribution in [1.29, 1.82) is 0 Å². The molecule has 0 bridgehead atoms. The Balaban J connectivity index is 0.000000396. The molecule has 182 valence electrons. The molecule has 3 atom stereocenters. The number of hydrogen-bond donors (Lipinski definition) is 0. The molecule has 0 aromatic carbocycles. The molecule has 4 fully saturated rings. The van der Waals surface area contributed by atoms with Crippen LogP contribution in [-0.2, 0) is 0 Å². The molecule has 1 aliphatic carbocycles. The topological polar surface area (TPSA) is 9.72 Å². The van der Waals surface area contributed by atoms with Crippen LogP contribution in [0.5, 0.6) is 0 Å². The molecule has 1 saturated carbocycles. The average molecular weight is 426 g/mol. The summed E-state index contributed by atoms with van der Waals surface area (Å²) in [6.07, 6.45) is 14.1. The van der Waals surface area contributed by atoms with Crippen LogP contribution in [0.1, 0.15) is 106 Å². The molecule has 3 aliphatic heterocycles. The van der Waals surface area contributed by atoms with E-state index in [1.807, 2.05) is 13.8 Å². The van der Waals surface area contributed by atoms with E-state index in [-0.39, 0.29) is 0 Å². The standard InChI is InChI=1S/C9H17N.C8H16N2.2C4H10.C2H6/c1-10-6-8-4-2-3-5-9(8)7-10;1-9-5-6-10-4-2-3-8(10)7-9;2*1-3-4-2;1-2/h8-9H,2-7H2,1H3;8H,2-7H2,1H3;2*3-4H2,1-2H3;1-2H3. The summed E-state index contributed by atoms with van der Waals surface area (Å²) in [5.41, 5.74) is 0. The van der Waals surface area contributed by atoms with E-state index in [2.05, 4.69) is 56.5 Å². The van der Waals surface area contributed by atoms with Gasteiger partial charge in [-0.1, -0.05) is 80.1 Å². The van der Waals surface area contributed by atoms with Gasteiger partial charge in [-0.3, -0.25) is 4.90 Å². The fourth-order valence-electron chi connectivity index (χ4n) is 4.79. The lowest BCUT2D eigenvalue weighted by atomic mass is 9.82. The predicted octanol–water partition coefficient (Wildman–Crippen LogP) is 6.77. The Labute approximate surface area is 192 Å². The van der Waals surface area contributed by atoms with E-state index in [9.17, 15) is 0 Å². The maximum Gasteiger partial charge on any atom is 0.0224 e. The lowest BCUT2D eigenvalue weighted by molar-refractivity contribution is 0.124. The molecule has 0 aromatic heterocycles. The Hall–Kier alpha value is -0.120. The fourth-order valence-corrected chi connectivity index (χ4v) is 4.79. The highest BCUT2D eigenvalue weighted by Crippen LogP contribution is 2.35. The zero-order chi connectivity index (χ0) is 22.8. The predicted molar refractivity (Wildman–Crippen MR) is 138 cm³/mol. The van der Waals surface area contributed by atoms with Crippen LogP contribution in [0.2, 0.25) is 0 Å². The molecular formula is C27H59N3. The molecule has 3 nitrogen and oxygen atoms in total. The molecule has 3 heterocycles. The lowest BCUT2D eigenvalue weighted by Gasteiger charge is -2.35. The maximum absolute atomic E-state index is 2.64. The van der Waals surface area contributed by atoms with Gasteiger partial charge in [0, 0.05) is 38.8 Å². The van der Waals surface area contributed by atoms with Crippen LogP contribution in [0.3, 0.4) is 0 Å². The summed E-state index contributed by atoms with van der Waals surface area (Å²) in [7, 11) is 4.49. The number of likely N-dealkylation sites (N-methyl/N-ethyl adjacent to an activating group) is 1. The van der Waals surface area contributed by atoms with Crippen LogP contribution in [0.15, 0.2) is 0 Å². The van der Waals surface area contributed by atoms with Gasteiger partial charge < -0.3 is 9.80 Å². The first-order valence-corrected chi connectivity index (χ1v) is 13.7. The summed E-state index contributed by atoms with van der Waals surface area (Å²) in [6, 6.07) is 0.902. The monoisotopic (exact) mass is 425 g/mol. The molecule has 3 saturated heterocycles. The third-order valence-electron chi connectivity index (χ3n) is 6.95. The van der Waals surface area contributed by atoms with Gasteiger partial charge in [-0.25, -0.2) is 0 Å². The first-order valence-electron chi connectivity index (χ1n) is 13.7. The van der Waals surface area contributed by atoms with E-state index >= 15 is 0 Å². The Kier molecular flexibility index (Phi) is 19.5. The van der Waals surface area contributed by atoms with Crippen molar-refractivity contribution in [3.63, 3.8) is 0 Å². The summed E-state index contributed by atoms with van der Waals surface area (Å²) in [4.78, 5) is 7.59. The summed E-state index contributed by atoms with van der Waals surface area (Å²) in [5.74, 6) is 2.14. The highest BCUT2D eigenvalue weighted by atomic mass is 15.3. The molecular weight excluding hydrogens is 366 g/mol. The van der Waals surface area contributed by atoms with E-state index in [1.54, 1.807) is 0 Å². The number of rotatable bonds is 2. The van der Waals surface area contributed by atoms with E-state index < -0.39 is 0 Å². The summed E-state index contributed by atoms with van der Waals surface area (Å²) in [5, 5.41) is 0. The van der Waals surface area contributed by atoms with E-state index in [4.69, 9.17) is 0 Å². The third kappa shape index (κ3) is 12.7. The molecule has 0 spiro atoms. The second-order valence-corrected chi connectivity index (χ2v) is 9.62. The maximum atomic E-state index is 2.64. The van der Waals surface area contributed by atoms with Crippen LogP contribution >= 0.6 is 0 Å². The van der Waals surface area contributed by atoms with Crippen LogP contribution in [0.4, 0.5) is 0 Å². The molecule has 4 aliphatic rings. The fraction of sp³-hybridized carbons (Fsp3) is 1.00. The number of unbranched alkanes of at least 4 members (excludes halogenated alkanes) is 2. The van der Waals surface area contributed by atoms with Crippen molar-refractivity contribution in [3.8, 4) is 0 Å². The second kappa shape index (κ2) is 19.6. The molecule has 0 amide bonds. The highest BCUT2D eigenvalue weighted by molar-refractivity contribution is 4.86. The summed E-state index contributed by atoms with van der Waals surface area (Å²) < 4.78 is 0. The zero-order valence-corrected chi connectivity index (χ0v) is 22.4. The van der Waals surface area contributed by atoms with Gasteiger partial charge in [0.05, 0.1) is 0 Å². The van der Waals surface area contributed by atoms with Crippen molar-refractivity contribution in [2.75, 3.05) is 53.4 Å². The third-order valence-corrected chi connectivity index (χ3v) is 6.95. The number of hydrogen-bond acceptors (Lipinski definition) is 3. The number of likely N-dealkylation sites (tertiary alicyclic amines) is 1. The lowest BCUT2D eigenvalue weighted by Crippen LogP contribution is -2.48. The van der Waals surface area contributed by atoms with Crippen LogP contribution in [0, 0.1) is 11.8 Å². The molecule has 0 radical (unpaired) electrons. The van der Waals surface area contributed by atoms with Crippen LogP contribution < -0.4 is 0 Å². The van der Waals surface area contributed by atoms with Crippen LogP contribution in [0.25, 0.3) is 0 Å². The van der Waals surface area contributed by atoms with Gasteiger partial charge in [-0.05, 0) is 58.2 Å². The average Bonchev–Trinajstić information content (AvgIpc) is 3.40. The van der Waals surface area contributed by atoms with Crippen LogP contribution in [-0.4, -0.2) is 74.1 Å². The van der Waals surface area contributed by atoms with E-state index in [0.29, 0.717) is 0 Å². The smallest absolute Gasteiger partial charge is 0.0224 e. The molecule has 0 aromatic rings. The first kappa shape index (κ1) is 29.9. The van der Waals surface area contributed by atoms with Gasteiger partial charge in [0.25, 0.3) is 0 Å². The van der Waals surface area contributed by atoms with Crippen molar-refractivity contribution < 1.29 is 0 Å². The number of nitrogens with zero attached hydrogens (tertiary/aromatic N) is 3. The van der Waals surface area contributed by atoms with Gasteiger partial charge in [-0.15, -0.1) is 0 Å². The van der Waals surface area contributed by atoms with Gasteiger partial charge in [0.2, 0.25) is 0 Å². The molecule has 3 unspecified atom stereocenters. The highest BCUT2D eigenvalue weighted by Gasteiger charge is 2.32. The van der Waals surface area contributed by atoms with Crippen molar-refractivity contribution in [1.82, 2.24) is 14.7 Å². The molecule has 3 heteroatoms. The Morgan fingerprint density at radius 1 is 0.567 bits per heavy atom. The molecule has 4 rings (SSSR count). The SMILES string of the molecule is CC.CCCC.CCCC.CN1CC2CCCCC2C1.CN1CCN2CCCC2C1. The zero-order valence-electron chi connectivity index (χ0n) is 22.4. The minimum Gasteiger partial charge on any atom is -0.306 e. The molecule has 0 N–H and O–H groups in total. The van der Waals surface area contributed by atoms with Crippen molar-refractivity contribution >= 4 is 0 Å². The molecule has 30 heavy (non-hydrogen) atoms.